The molecule has 2 nitrogen and oxygen atoms in total. The van der Waals surface area contributed by atoms with Crippen molar-refractivity contribution in [1.82, 2.24) is 4.98 Å². The van der Waals surface area contributed by atoms with Crippen LogP contribution in [0.5, 0.6) is 0 Å². The second-order valence-electron chi connectivity index (χ2n) is 3.77. The van der Waals surface area contributed by atoms with E-state index >= 15 is 0 Å². The molecule has 0 amide bonds. The van der Waals surface area contributed by atoms with Gasteiger partial charge in [0, 0.05) is 17.9 Å². The lowest BCUT2D eigenvalue weighted by Gasteiger charge is -2.06. The summed E-state index contributed by atoms with van der Waals surface area (Å²) < 4.78 is 0. The van der Waals surface area contributed by atoms with E-state index in [0.717, 1.165) is 18.5 Å². The summed E-state index contributed by atoms with van der Waals surface area (Å²) in [6, 6.07) is 6.13. The van der Waals surface area contributed by atoms with E-state index in [-0.39, 0.29) is 6.04 Å². The molecule has 0 aromatic carbocycles. The van der Waals surface area contributed by atoms with Crippen LogP contribution in [0.2, 0.25) is 0 Å². The molecule has 76 valence electrons. The number of hydrogen-bond acceptors (Lipinski definition) is 2. The van der Waals surface area contributed by atoms with Crippen molar-refractivity contribution in [2.75, 3.05) is 0 Å². The van der Waals surface area contributed by atoms with E-state index in [2.05, 4.69) is 24.9 Å². The molecule has 0 saturated heterocycles. The number of rotatable bonds is 4. The highest BCUT2D eigenvalue weighted by Gasteiger charge is 1.99. The Hall–Kier alpha value is -1.15. The third kappa shape index (κ3) is 4.19. The molecule has 1 unspecified atom stereocenters. The van der Waals surface area contributed by atoms with Crippen LogP contribution >= 0.6 is 0 Å². The number of aryl methyl sites for hydroxylation is 1. The van der Waals surface area contributed by atoms with Gasteiger partial charge in [0.05, 0.1) is 0 Å². The largest absolute Gasteiger partial charge is 0.324 e. The van der Waals surface area contributed by atoms with Crippen molar-refractivity contribution < 1.29 is 0 Å². The Kier molecular flexibility index (Phi) is 4.33. The first kappa shape index (κ1) is 10.9. The molecule has 0 aliphatic rings. The van der Waals surface area contributed by atoms with Gasteiger partial charge in [-0.3, -0.25) is 4.98 Å². The molecule has 1 heterocycles. The van der Waals surface area contributed by atoms with Crippen molar-refractivity contribution in [3.05, 3.63) is 41.7 Å². The Balaban J connectivity index is 2.38. The standard InChI is InChI=1S/C12H18N2/c1-10(2)9-11(13)6-7-12-5-3-4-8-14-12/h3-5,8-9,11H,6-7,13H2,1-2H3. The van der Waals surface area contributed by atoms with Crippen molar-refractivity contribution in [2.45, 2.75) is 32.7 Å². The molecule has 0 radical (unpaired) electrons. The van der Waals surface area contributed by atoms with Crippen LogP contribution in [0.15, 0.2) is 36.0 Å². The van der Waals surface area contributed by atoms with Crippen LogP contribution in [0.25, 0.3) is 0 Å². The zero-order chi connectivity index (χ0) is 10.4. The first-order chi connectivity index (χ1) is 6.68. The second-order valence-corrected chi connectivity index (χ2v) is 3.77. The number of aromatic nitrogens is 1. The summed E-state index contributed by atoms with van der Waals surface area (Å²) in [4.78, 5) is 4.25. The van der Waals surface area contributed by atoms with Crippen LogP contribution in [0, 0.1) is 0 Å². The summed E-state index contributed by atoms with van der Waals surface area (Å²) in [7, 11) is 0. The maximum absolute atomic E-state index is 5.92. The van der Waals surface area contributed by atoms with Gasteiger partial charge in [-0.1, -0.05) is 17.7 Å². The minimum atomic E-state index is 0.155. The molecule has 2 heteroatoms. The van der Waals surface area contributed by atoms with E-state index in [1.54, 1.807) is 0 Å². The molecule has 14 heavy (non-hydrogen) atoms. The molecular formula is C12H18N2. The molecule has 1 aromatic rings. The minimum absolute atomic E-state index is 0.155. The van der Waals surface area contributed by atoms with E-state index in [4.69, 9.17) is 5.73 Å². The summed E-state index contributed by atoms with van der Waals surface area (Å²) in [6.07, 6.45) is 5.83. The van der Waals surface area contributed by atoms with Gasteiger partial charge in [-0.15, -0.1) is 0 Å². The molecule has 1 aromatic heterocycles. The van der Waals surface area contributed by atoms with Crippen molar-refractivity contribution >= 4 is 0 Å². The van der Waals surface area contributed by atoms with Gasteiger partial charge in [-0.05, 0) is 38.8 Å². The number of hydrogen-bond donors (Lipinski definition) is 1. The first-order valence-corrected chi connectivity index (χ1v) is 4.99. The van der Waals surface area contributed by atoms with Crippen LogP contribution in [0.1, 0.15) is 26.0 Å². The molecule has 0 aliphatic heterocycles. The van der Waals surface area contributed by atoms with Crippen LogP contribution < -0.4 is 5.73 Å². The SMILES string of the molecule is CC(C)=CC(N)CCc1ccccn1. The van der Waals surface area contributed by atoms with Crippen molar-refractivity contribution in [3.8, 4) is 0 Å². The van der Waals surface area contributed by atoms with Gasteiger partial charge in [-0.25, -0.2) is 0 Å². The summed E-state index contributed by atoms with van der Waals surface area (Å²) in [5.74, 6) is 0. The lowest BCUT2D eigenvalue weighted by molar-refractivity contribution is 0.705. The number of allylic oxidation sites excluding steroid dienone is 1. The third-order valence-corrected chi connectivity index (χ3v) is 2.01. The Morgan fingerprint density at radius 1 is 1.50 bits per heavy atom. The van der Waals surface area contributed by atoms with Gasteiger partial charge in [0.25, 0.3) is 0 Å². The predicted molar refractivity (Wildman–Crippen MR) is 60.0 cm³/mol. The molecule has 0 spiro atoms. The quantitative estimate of drug-likeness (QED) is 0.740. The van der Waals surface area contributed by atoms with Gasteiger partial charge in [0.15, 0.2) is 0 Å². The predicted octanol–water partition coefficient (Wildman–Crippen LogP) is 2.31. The molecule has 2 N–H and O–H groups in total. The molecule has 0 fully saturated rings. The summed E-state index contributed by atoms with van der Waals surface area (Å²) >= 11 is 0. The zero-order valence-electron chi connectivity index (χ0n) is 8.90. The van der Waals surface area contributed by atoms with Crippen molar-refractivity contribution in [3.63, 3.8) is 0 Å². The van der Waals surface area contributed by atoms with E-state index in [0.29, 0.717) is 0 Å². The highest BCUT2D eigenvalue weighted by atomic mass is 14.7. The smallest absolute Gasteiger partial charge is 0.0404 e. The molecular weight excluding hydrogens is 172 g/mol. The van der Waals surface area contributed by atoms with E-state index in [9.17, 15) is 0 Å². The molecule has 1 rings (SSSR count). The van der Waals surface area contributed by atoms with Crippen LogP contribution in [-0.4, -0.2) is 11.0 Å². The fourth-order valence-electron chi connectivity index (χ4n) is 1.37. The van der Waals surface area contributed by atoms with Crippen LogP contribution in [0.4, 0.5) is 0 Å². The Labute approximate surface area is 85.9 Å². The molecule has 0 saturated carbocycles. The maximum Gasteiger partial charge on any atom is 0.0404 e. The van der Waals surface area contributed by atoms with Gasteiger partial charge < -0.3 is 5.73 Å². The van der Waals surface area contributed by atoms with E-state index in [1.165, 1.54) is 5.57 Å². The highest BCUT2D eigenvalue weighted by molar-refractivity contribution is 5.06. The fraction of sp³-hybridized carbons (Fsp3) is 0.417. The lowest BCUT2D eigenvalue weighted by Crippen LogP contribution is -2.18. The third-order valence-electron chi connectivity index (χ3n) is 2.01. The number of nitrogens with zero attached hydrogens (tertiary/aromatic N) is 1. The maximum atomic E-state index is 5.92. The first-order valence-electron chi connectivity index (χ1n) is 4.99. The van der Waals surface area contributed by atoms with E-state index in [1.807, 2.05) is 24.4 Å². The Morgan fingerprint density at radius 3 is 2.86 bits per heavy atom. The Morgan fingerprint density at radius 2 is 2.29 bits per heavy atom. The summed E-state index contributed by atoms with van der Waals surface area (Å²) in [6.45, 7) is 4.14. The number of pyridine rings is 1. The topological polar surface area (TPSA) is 38.9 Å². The van der Waals surface area contributed by atoms with Gasteiger partial charge in [0.2, 0.25) is 0 Å². The zero-order valence-corrected chi connectivity index (χ0v) is 8.90. The second kappa shape index (κ2) is 5.55. The minimum Gasteiger partial charge on any atom is -0.324 e. The van der Waals surface area contributed by atoms with E-state index < -0.39 is 0 Å². The normalized spacial score (nSPS) is 12.2. The Bertz CT molecular complexity index is 286. The summed E-state index contributed by atoms with van der Waals surface area (Å²) in [5, 5.41) is 0. The van der Waals surface area contributed by atoms with Crippen molar-refractivity contribution in [2.24, 2.45) is 5.73 Å². The van der Waals surface area contributed by atoms with Gasteiger partial charge in [-0.2, -0.15) is 0 Å². The average molecular weight is 190 g/mol. The van der Waals surface area contributed by atoms with Crippen LogP contribution in [-0.2, 0) is 6.42 Å². The molecule has 1 atom stereocenters. The van der Waals surface area contributed by atoms with Crippen molar-refractivity contribution in [1.29, 1.82) is 0 Å². The summed E-state index contributed by atoms with van der Waals surface area (Å²) in [5.41, 5.74) is 8.31. The fourth-order valence-corrected chi connectivity index (χ4v) is 1.37. The lowest BCUT2D eigenvalue weighted by atomic mass is 10.1. The van der Waals surface area contributed by atoms with Gasteiger partial charge in [0.1, 0.15) is 0 Å². The van der Waals surface area contributed by atoms with Gasteiger partial charge >= 0.3 is 0 Å². The average Bonchev–Trinajstić information content (AvgIpc) is 2.15. The molecule has 0 aliphatic carbocycles. The number of nitrogens with two attached hydrogens (primary N) is 1. The van der Waals surface area contributed by atoms with Crippen LogP contribution in [0.3, 0.4) is 0 Å². The highest BCUT2D eigenvalue weighted by Crippen LogP contribution is 2.03. The monoisotopic (exact) mass is 190 g/mol. The molecule has 0 bridgehead atoms.